The number of hydrogen-bond donors (Lipinski definition) is 0. The quantitative estimate of drug-likeness (QED) is 0.561. The molecule has 0 saturated carbocycles. The Bertz CT molecular complexity index is 505. The Hall–Kier alpha value is -2.21. The molecule has 6 heteroatoms. The van der Waals surface area contributed by atoms with Crippen molar-refractivity contribution in [3.05, 3.63) is 29.6 Å². The smallest absolute Gasteiger partial charge is 0.406 e. The molecule has 0 radical (unpaired) electrons. The van der Waals surface area contributed by atoms with Gasteiger partial charge in [0.1, 0.15) is 11.6 Å². The van der Waals surface area contributed by atoms with Crippen molar-refractivity contribution in [2.75, 3.05) is 0 Å². The van der Waals surface area contributed by atoms with Crippen LogP contribution in [0.4, 0.5) is 17.6 Å². The van der Waals surface area contributed by atoms with Crippen molar-refractivity contribution in [1.29, 1.82) is 5.26 Å². The lowest BCUT2D eigenvalue weighted by Crippen LogP contribution is -2.17. The number of rotatable bonds is 1. The molecule has 0 heterocycles. The highest BCUT2D eigenvalue weighted by Gasteiger charge is 2.31. The molecule has 1 aromatic rings. The van der Waals surface area contributed by atoms with Gasteiger partial charge in [0, 0.05) is 0 Å². The van der Waals surface area contributed by atoms with Gasteiger partial charge in [-0.25, -0.2) is 4.39 Å². The van der Waals surface area contributed by atoms with Crippen molar-refractivity contribution in [3.63, 3.8) is 0 Å². The summed E-state index contributed by atoms with van der Waals surface area (Å²) >= 11 is 0. The molecule has 0 saturated heterocycles. The number of benzene rings is 1. The van der Waals surface area contributed by atoms with Crippen LogP contribution in [0.5, 0.6) is 5.75 Å². The highest BCUT2D eigenvalue weighted by Crippen LogP contribution is 2.24. The molecule has 0 amide bonds. The SMILES string of the molecule is N#CCC#Cc1cc(OC(F)(F)F)ccc1F. The summed E-state index contributed by atoms with van der Waals surface area (Å²) in [5.74, 6) is 3.21. The molecule has 0 N–H and O–H groups in total. The number of halogens is 4. The third-order valence-electron chi connectivity index (χ3n) is 1.56. The lowest BCUT2D eigenvalue weighted by molar-refractivity contribution is -0.274. The zero-order chi connectivity index (χ0) is 12.9. The van der Waals surface area contributed by atoms with E-state index in [-0.39, 0.29) is 12.0 Å². The summed E-state index contributed by atoms with van der Waals surface area (Å²) in [7, 11) is 0. The Balaban J connectivity index is 2.96. The maximum absolute atomic E-state index is 13.1. The lowest BCUT2D eigenvalue weighted by atomic mass is 10.2. The van der Waals surface area contributed by atoms with Gasteiger partial charge in [-0.1, -0.05) is 11.8 Å². The second kappa shape index (κ2) is 5.22. The van der Waals surface area contributed by atoms with Gasteiger partial charge in [-0.15, -0.1) is 13.2 Å². The summed E-state index contributed by atoms with van der Waals surface area (Å²) in [4.78, 5) is 0. The summed E-state index contributed by atoms with van der Waals surface area (Å²) in [5.41, 5.74) is -0.248. The molecule has 1 rings (SSSR count). The fourth-order valence-corrected chi connectivity index (χ4v) is 0.976. The van der Waals surface area contributed by atoms with Crippen LogP contribution in [-0.4, -0.2) is 6.36 Å². The third kappa shape index (κ3) is 4.43. The van der Waals surface area contributed by atoms with E-state index in [0.717, 1.165) is 18.2 Å². The minimum absolute atomic E-state index is 0.135. The second-order valence-corrected chi connectivity index (χ2v) is 2.83. The highest BCUT2D eigenvalue weighted by molar-refractivity contribution is 5.41. The van der Waals surface area contributed by atoms with Crippen LogP contribution in [-0.2, 0) is 0 Å². The van der Waals surface area contributed by atoms with Crippen molar-refractivity contribution in [1.82, 2.24) is 0 Å². The first-order valence-electron chi connectivity index (χ1n) is 4.33. The highest BCUT2D eigenvalue weighted by atomic mass is 19.4. The van der Waals surface area contributed by atoms with Crippen molar-refractivity contribution in [2.24, 2.45) is 0 Å². The van der Waals surface area contributed by atoms with E-state index >= 15 is 0 Å². The normalized spacial score (nSPS) is 10.1. The first-order valence-corrected chi connectivity index (χ1v) is 4.33. The molecule has 0 aliphatic rings. The van der Waals surface area contributed by atoms with E-state index in [2.05, 4.69) is 16.6 Å². The Morgan fingerprint density at radius 1 is 1.29 bits per heavy atom. The van der Waals surface area contributed by atoms with Crippen LogP contribution in [0.1, 0.15) is 12.0 Å². The van der Waals surface area contributed by atoms with E-state index < -0.39 is 17.9 Å². The number of nitrogens with zero attached hydrogens (tertiary/aromatic N) is 1. The van der Waals surface area contributed by atoms with Crippen molar-refractivity contribution >= 4 is 0 Å². The maximum atomic E-state index is 13.1. The van der Waals surface area contributed by atoms with E-state index in [1.165, 1.54) is 0 Å². The Labute approximate surface area is 94.4 Å². The van der Waals surface area contributed by atoms with Crippen LogP contribution in [0, 0.1) is 29.0 Å². The molecule has 0 aliphatic heterocycles. The molecule has 0 spiro atoms. The van der Waals surface area contributed by atoms with Gasteiger partial charge < -0.3 is 4.74 Å². The van der Waals surface area contributed by atoms with E-state index in [1.807, 2.05) is 0 Å². The molecule has 0 unspecified atom stereocenters. The van der Waals surface area contributed by atoms with E-state index in [1.54, 1.807) is 6.07 Å². The minimum Gasteiger partial charge on any atom is -0.406 e. The molecule has 0 aromatic heterocycles. The predicted octanol–water partition coefficient (Wildman–Crippen LogP) is 2.99. The van der Waals surface area contributed by atoms with E-state index in [4.69, 9.17) is 5.26 Å². The monoisotopic (exact) mass is 243 g/mol. The van der Waals surface area contributed by atoms with Crippen LogP contribution in [0.15, 0.2) is 18.2 Å². The molecule has 88 valence electrons. The molecule has 0 fully saturated rings. The fourth-order valence-electron chi connectivity index (χ4n) is 0.976. The van der Waals surface area contributed by atoms with Gasteiger partial charge in [-0.3, -0.25) is 0 Å². The third-order valence-corrected chi connectivity index (χ3v) is 1.56. The zero-order valence-electron chi connectivity index (χ0n) is 8.31. The number of alkyl halides is 3. The van der Waals surface area contributed by atoms with E-state index in [9.17, 15) is 17.6 Å². The minimum atomic E-state index is -4.84. The van der Waals surface area contributed by atoms with Crippen molar-refractivity contribution < 1.29 is 22.3 Å². The summed E-state index contributed by atoms with van der Waals surface area (Å²) in [6, 6.07) is 4.19. The van der Waals surface area contributed by atoms with Crippen LogP contribution >= 0.6 is 0 Å². The Morgan fingerprint density at radius 2 is 2.00 bits per heavy atom. The molecule has 0 aliphatic carbocycles. The number of ether oxygens (including phenoxy) is 1. The first-order chi connectivity index (χ1) is 7.92. The van der Waals surface area contributed by atoms with Crippen LogP contribution in [0.3, 0.4) is 0 Å². The van der Waals surface area contributed by atoms with Gasteiger partial charge >= 0.3 is 6.36 Å². The van der Waals surface area contributed by atoms with Gasteiger partial charge in [-0.05, 0) is 18.2 Å². The summed E-state index contributed by atoms with van der Waals surface area (Å²) < 4.78 is 52.4. The summed E-state index contributed by atoms with van der Waals surface area (Å²) in [6.07, 6.45) is -4.97. The fraction of sp³-hybridized carbons (Fsp3) is 0.182. The van der Waals surface area contributed by atoms with Crippen LogP contribution < -0.4 is 4.74 Å². The van der Waals surface area contributed by atoms with E-state index in [0.29, 0.717) is 0 Å². The van der Waals surface area contributed by atoms with Crippen LogP contribution in [0.25, 0.3) is 0 Å². The second-order valence-electron chi connectivity index (χ2n) is 2.83. The van der Waals surface area contributed by atoms with Gasteiger partial charge in [0.05, 0.1) is 18.1 Å². The standard InChI is InChI=1S/C11H5F4NO/c12-10-5-4-9(17-11(13,14)15)7-8(10)3-1-2-6-16/h4-5,7H,2H2. The molecular weight excluding hydrogens is 238 g/mol. The molecule has 0 bridgehead atoms. The van der Waals surface area contributed by atoms with Crippen molar-refractivity contribution in [2.45, 2.75) is 12.8 Å². The number of nitriles is 1. The largest absolute Gasteiger partial charge is 0.573 e. The van der Waals surface area contributed by atoms with Crippen LogP contribution in [0.2, 0.25) is 0 Å². The van der Waals surface area contributed by atoms with Gasteiger partial charge in [0.25, 0.3) is 0 Å². The van der Waals surface area contributed by atoms with Gasteiger partial charge in [0.2, 0.25) is 0 Å². The zero-order valence-corrected chi connectivity index (χ0v) is 8.31. The first kappa shape index (κ1) is 12.9. The molecule has 2 nitrogen and oxygen atoms in total. The Kier molecular flexibility index (Phi) is 3.95. The predicted molar refractivity (Wildman–Crippen MR) is 50.2 cm³/mol. The molecule has 1 aromatic carbocycles. The topological polar surface area (TPSA) is 33.0 Å². The lowest BCUT2D eigenvalue weighted by Gasteiger charge is -2.08. The maximum Gasteiger partial charge on any atom is 0.573 e. The molecular formula is C11H5F4NO. The summed E-state index contributed by atoms with van der Waals surface area (Å²) in [6.45, 7) is 0. The molecule has 17 heavy (non-hydrogen) atoms. The average Bonchev–Trinajstić information content (AvgIpc) is 2.21. The number of hydrogen-bond acceptors (Lipinski definition) is 2. The van der Waals surface area contributed by atoms with Crippen molar-refractivity contribution in [3.8, 4) is 23.7 Å². The molecule has 0 atom stereocenters. The average molecular weight is 243 g/mol. The van der Waals surface area contributed by atoms with Gasteiger partial charge in [0.15, 0.2) is 0 Å². The Morgan fingerprint density at radius 3 is 2.59 bits per heavy atom. The summed E-state index contributed by atoms with van der Waals surface area (Å²) in [5, 5.41) is 8.20. The van der Waals surface area contributed by atoms with Gasteiger partial charge in [-0.2, -0.15) is 5.26 Å².